The molecule has 0 bridgehead atoms. The maximum Gasteiger partial charge on any atom is 0.188 e. The van der Waals surface area contributed by atoms with Gasteiger partial charge in [-0.2, -0.15) is 0 Å². The molecule has 2 aromatic rings. The van der Waals surface area contributed by atoms with Crippen LogP contribution < -0.4 is 10.5 Å². The van der Waals surface area contributed by atoms with Gasteiger partial charge in [0.05, 0.1) is 12.4 Å². The van der Waals surface area contributed by atoms with Crippen molar-refractivity contribution in [2.45, 2.75) is 17.3 Å². The molecule has 5 heteroatoms. The van der Waals surface area contributed by atoms with Crippen LogP contribution in [0.5, 0.6) is 5.75 Å². The van der Waals surface area contributed by atoms with Crippen molar-refractivity contribution in [3.8, 4) is 5.75 Å². The Morgan fingerprint density at radius 1 is 1.26 bits per heavy atom. The molecule has 0 saturated carbocycles. The summed E-state index contributed by atoms with van der Waals surface area (Å²) in [6.07, 6.45) is 3.62. The van der Waals surface area contributed by atoms with Gasteiger partial charge in [0, 0.05) is 24.5 Å². The Labute approximate surface area is 117 Å². The molecule has 4 nitrogen and oxygen atoms in total. The van der Waals surface area contributed by atoms with E-state index in [2.05, 4.69) is 9.97 Å². The molecule has 0 amide bonds. The number of nitrogens with two attached hydrogens (primary N) is 1. The maximum absolute atomic E-state index is 5.87. The van der Waals surface area contributed by atoms with E-state index >= 15 is 0 Å². The fourth-order valence-electron chi connectivity index (χ4n) is 1.74. The second-order valence-corrected chi connectivity index (χ2v) is 5.30. The zero-order valence-electron chi connectivity index (χ0n) is 11.0. The first-order valence-corrected chi connectivity index (χ1v) is 6.91. The minimum absolute atomic E-state index is 0.0823. The summed E-state index contributed by atoms with van der Waals surface area (Å²) in [6.45, 7) is 2.47. The lowest BCUT2D eigenvalue weighted by Gasteiger charge is -2.16. The molecule has 1 unspecified atom stereocenters. The third kappa shape index (κ3) is 3.45. The maximum atomic E-state index is 5.87. The molecular weight excluding hydrogens is 258 g/mol. The number of methoxy groups -OCH3 is 1. The third-order valence-corrected chi connectivity index (χ3v) is 3.86. The van der Waals surface area contributed by atoms with E-state index in [4.69, 9.17) is 10.5 Å². The fourth-order valence-corrected chi connectivity index (χ4v) is 2.64. The Kier molecular flexibility index (Phi) is 4.76. The Morgan fingerprint density at radius 3 is 2.58 bits per heavy atom. The summed E-state index contributed by atoms with van der Waals surface area (Å²) in [4.78, 5) is 8.61. The standard InChI is InChI=1S/C14H17N3OS/c1-10-8-16-14(17-9-10)19-13(7-15)11-5-3-4-6-12(11)18-2/h3-6,8-9,13H,7,15H2,1-2H3. The molecule has 0 spiro atoms. The van der Waals surface area contributed by atoms with Crippen LogP contribution in [0.1, 0.15) is 16.4 Å². The lowest BCUT2D eigenvalue weighted by molar-refractivity contribution is 0.409. The van der Waals surface area contributed by atoms with Gasteiger partial charge in [-0.1, -0.05) is 30.0 Å². The van der Waals surface area contributed by atoms with Gasteiger partial charge >= 0.3 is 0 Å². The molecule has 1 aromatic carbocycles. The Bertz CT molecular complexity index is 530. The number of benzene rings is 1. The van der Waals surface area contributed by atoms with Crippen molar-refractivity contribution in [2.75, 3.05) is 13.7 Å². The highest BCUT2D eigenvalue weighted by molar-refractivity contribution is 7.99. The van der Waals surface area contributed by atoms with Gasteiger partial charge in [0.1, 0.15) is 5.75 Å². The molecule has 2 rings (SSSR count). The molecule has 1 heterocycles. The van der Waals surface area contributed by atoms with Crippen LogP contribution in [0.4, 0.5) is 0 Å². The molecule has 1 aromatic heterocycles. The van der Waals surface area contributed by atoms with Gasteiger partial charge in [0.15, 0.2) is 5.16 Å². The minimum Gasteiger partial charge on any atom is -0.496 e. The van der Waals surface area contributed by atoms with E-state index < -0.39 is 0 Å². The Morgan fingerprint density at radius 2 is 1.95 bits per heavy atom. The summed E-state index contributed by atoms with van der Waals surface area (Å²) in [7, 11) is 1.67. The summed E-state index contributed by atoms with van der Waals surface area (Å²) >= 11 is 1.55. The van der Waals surface area contributed by atoms with Crippen molar-refractivity contribution in [2.24, 2.45) is 5.73 Å². The van der Waals surface area contributed by atoms with Crippen LogP contribution in [-0.4, -0.2) is 23.6 Å². The molecule has 2 N–H and O–H groups in total. The van der Waals surface area contributed by atoms with Crippen molar-refractivity contribution >= 4 is 11.8 Å². The van der Waals surface area contributed by atoms with Crippen LogP contribution in [0, 0.1) is 6.92 Å². The average Bonchev–Trinajstić information content (AvgIpc) is 2.46. The molecule has 1 atom stereocenters. The smallest absolute Gasteiger partial charge is 0.188 e. The Hall–Kier alpha value is -1.59. The summed E-state index contributed by atoms with van der Waals surface area (Å²) < 4.78 is 5.38. The van der Waals surface area contributed by atoms with Crippen LogP contribution in [0.25, 0.3) is 0 Å². The van der Waals surface area contributed by atoms with E-state index in [-0.39, 0.29) is 5.25 Å². The van der Waals surface area contributed by atoms with Crippen molar-refractivity contribution in [3.63, 3.8) is 0 Å². The molecule has 0 aliphatic heterocycles. The first kappa shape index (κ1) is 13.8. The van der Waals surface area contributed by atoms with Gasteiger partial charge in [0.2, 0.25) is 0 Å². The number of aromatic nitrogens is 2. The molecular formula is C14H17N3OS. The third-order valence-electron chi connectivity index (χ3n) is 2.70. The molecule has 100 valence electrons. The number of para-hydroxylation sites is 1. The first-order valence-electron chi connectivity index (χ1n) is 6.03. The lowest BCUT2D eigenvalue weighted by atomic mass is 10.1. The largest absolute Gasteiger partial charge is 0.496 e. The summed E-state index contributed by atoms with van der Waals surface area (Å²) in [5, 5.41) is 0.811. The monoisotopic (exact) mass is 275 g/mol. The van der Waals surface area contributed by atoms with Crippen LogP contribution in [0.2, 0.25) is 0 Å². The number of thioether (sulfide) groups is 1. The number of hydrogen-bond acceptors (Lipinski definition) is 5. The highest BCUT2D eigenvalue weighted by atomic mass is 32.2. The van der Waals surface area contributed by atoms with Gasteiger partial charge < -0.3 is 10.5 Å². The van der Waals surface area contributed by atoms with E-state index in [1.807, 2.05) is 43.6 Å². The van der Waals surface area contributed by atoms with Crippen LogP contribution in [-0.2, 0) is 0 Å². The highest BCUT2D eigenvalue weighted by Crippen LogP contribution is 2.36. The zero-order valence-corrected chi connectivity index (χ0v) is 11.9. The predicted molar refractivity (Wildman–Crippen MR) is 77.4 cm³/mol. The van der Waals surface area contributed by atoms with Gasteiger partial charge in [0.25, 0.3) is 0 Å². The summed E-state index contributed by atoms with van der Waals surface area (Å²) in [5.74, 6) is 0.845. The molecule has 0 aliphatic rings. The number of aryl methyl sites for hydroxylation is 1. The molecule has 0 fully saturated rings. The van der Waals surface area contributed by atoms with Crippen molar-refractivity contribution in [1.82, 2.24) is 9.97 Å². The normalized spacial score (nSPS) is 12.2. The predicted octanol–water partition coefficient (Wildman–Crippen LogP) is 2.59. The highest BCUT2D eigenvalue weighted by Gasteiger charge is 2.16. The van der Waals surface area contributed by atoms with Crippen molar-refractivity contribution in [1.29, 1.82) is 0 Å². The van der Waals surface area contributed by atoms with Gasteiger partial charge in [-0.3, -0.25) is 0 Å². The average molecular weight is 275 g/mol. The Balaban J connectivity index is 2.22. The molecule has 19 heavy (non-hydrogen) atoms. The van der Waals surface area contributed by atoms with E-state index in [9.17, 15) is 0 Å². The number of nitrogens with zero attached hydrogens (tertiary/aromatic N) is 2. The van der Waals surface area contributed by atoms with Crippen molar-refractivity contribution in [3.05, 3.63) is 47.8 Å². The summed E-state index contributed by atoms with van der Waals surface area (Å²) in [6, 6.07) is 7.89. The first-order chi connectivity index (χ1) is 9.24. The minimum atomic E-state index is 0.0823. The molecule has 0 radical (unpaired) electrons. The lowest BCUT2D eigenvalue weighted by Crippen LogP contribution is -2.11. The number of hydrogen-bond donors (Lipinski definition) is 1. The second-order valence-electron chi connectivity index (χ2n) is 4.13. The van der Waals surface area contributed by atoms with Gasteiger partial charge in [-0.15, -0.1) is 0 Å². The molecule has 0 aliphatic carbocycles. The van der Waals surface area contributed by atoms with Crippen LogP contribution >= 0.6 is 11.8 Å². The van der Waals surface area contributed by atoms with Crippen LogP contribution in [0.15, 0.2) is 41.8 Å². The fraction of sp³-hybridized carbons (Fsp3) is 0.286. The summed E-state index contributed by atoms with van der Waals surface area (Å²) in [5.41, 5.74) is 7.99. The van der Waals surface area contributed by atoms with E-state index in [0.717, 1.165) is 22.0 Å². The second kappa shape index (κ2) is 6.54. The number of ether oxygens (including phenoxy) is 1. The number of rotatable bonds is 5. The van der Waals surface area contributed by atoms with Crippen LogP contribution in [0.3, 0.4) is 0 Å². The molecule has 0 saturated heterocycles. The topological polar surface area (TPSA) is 61.0 Å². The SMILES string of the molecule is COc1ccccc1C(CN)Sc1ncc(C)cn1. The van der Waals surface area contributed by atoms with Gasteiger partial charge in [-0.05, 0) is 18.6 Å². The van der Waals surface area contributed by atoms with Crippen molar-refractivity contribution < 1.29 is 4.74 Å². The van der Waals surface area contributed by atoms with E-state index in [0.29, 0.717) is 6.54 Å². The quantitative estimate of drug-likeness (QED) is 0.671. The zero-order chi connectivity index (χ0) is 13.7. The van der Waals surface area contributed by atoms with E-state index in [1.54, 1.807) is 18.9 Å². The van der Waals surface area contributed by atoms with E-state index in [1.165, 1.54) is 0 Å². The van der Waals surface area contributed by atoms with Gasteiger partial charge in [-0.25, -0.2) is 9.97 Å².